The summed E-state index contributed by atoms with van der Waals surface area (Å²) < 4.78 is 48.0. The molecule has 0 spiro atoms. The summed E-state index contributed by atoms with van der Waals surface area (Å²) in [7, 11) is 1.53. The van der Waals surface area contributed by atoms with Crippen molar-refractivity contribution in [2.24, 2.45) is 0 Å². The van der Waals surface area contributed by atoms with Crippen LogP contribution in [0.15, 0.2) is 57.7 Å². The zero-order valence-electron chi connectivity index (χ0n) is 14.6. The summed E-state index contributed by atoms with van der Waals surface area (Å²) in [4.78, 5) is 11.7. The van der Waals surface area contributed by atoms with Gasteiger partial charge in [-0.3, -0.25) is 0 Å². The summed E-state index contributed by atoms with van der Waals surface area (Å²) in [6, 6.07) is 11.8. The van der Waals surface area contributed by atoms with E-state index in [0.717, 1.165) is 28.6 Å². The third-order valence-electron chi connectivity index (χ3n) is 4.22. The summed E-state index contributed by atoms with van der Waals surface area (Å²) >= 11 is 0. The molecule has 1 heterocycles. The minimum absolute atomic E-state index is 0.440. The number of halogens is 3. The Hall–Kier alpha value is -2.80. The average Bonchev–Trinajstić information content (AvgIpc) is 2.64. The molecule has 0 atom stereocenters. The monoisotopic (exact) mass is 377 g/mol. The van der Waals surface area contributed by atoms with Gasteiger partial charge in [0.2, 0.25) is 0 Å². The fourth-order valence-corrected chi connectivity index (χ4v) is 2.80. The van der Waals surface area contributed by atoms with Gasteiger partial charge in [0.05, 0.1) is 12.7 Å². The molecule has 0 aliphatic heterocycles. The predicted molar refractivity (Wildman–Crippen MR) is 95.9 cm³/mol. The SMILES string of the molecule is COc1ccc2c(CNCCc3ccc(C(F)(F)F)cc3)cc(=O)oc2c1. The lowest BCUT2D eigenvalue weighted by Gasteiger charge is -2.10. The van der Waals surface area contributed by atoms with E-state index < -0.39 is 17.4 Å². The molecule has 3 aromatic rings. The van der Waals surface area contributed by atoms with Gasteiger partial charge < -0.3 is 14.5 Å². The predicted octanol–water partition coefficient (Wildman–Crippen LogP) is 4.15. The zero-order chi connectivity index (χ0) is 19.4. The molecule has 4 nitrogen and oxygen atoms in total. The molecule has 7 heteroatoms. The maximum Gasteiger partial charge on any atom is 0.416 e. The minimum atomic E-state index is -4.32. The Morgan fingerprint density at radius 1 is 1.07 bits per heavy atom. The van der Waals surface area contributed by atoms with Crippen LogP contribution >= 0.6 is 0 Å². The first-order valence-electron chi connectivity index (χ1n) is 8.34. The van der Waals surface area contributed by atoms with Crippen molar-refractivity contribution in [1.82, 2.24) is 5.32 Å². The lowest BCUT2D eigenvalue weighted by atomic mass is 10.1. The van der Waals surface area contributed by atoms with Gasteiger partial charge in [-0.15, -0.1) is 0 Å². The third kappa shape index (κ3) is 4.68. The van der Waals surface area contributed by atoms with E-state index in [1.807, 2.05) is 6.07 Å². The molecule has 142 valence electrons. The van der Waals surface area contributed by atoms with Gasteiger partial charge in [-0.25, -0.2) is 4.79 Å². The second-order valence-corrected chi connectivity index (χ2v) is 6.07. The van der Waals surface area contributed by atoms with Crippen molar-refractivity contribution in [3.8, 4) is 5.75 Å². The fraction of sp³-hybridized carbons (Fsp3) is 0.250. The molecule has 0 aliphatic carbocycles. The topological polar surface area (TPSA) is 51.5 Å². The van der Waals surface area contributed by atoms with E-state index in [4.69, 9.17) is 9.15 Å². The van der Waals surface area contributed by atoms with Gasteiger partial charge in [-0.2, -0.15) is 13.2 Å². The molecule has 0 amide bonds. The lowest BCUT2D eigenvalue weighted by molar-refractivity contribution is -0.137. The highest BCUT2D eigenvalue weighted by Crippen LogP contribution is 2.29. The van der Waals surface area contributed by atoms with E-state index in [1.54, 1.807) is 12.1 Å². The Bertz CT molecular complexity index is 978. The summed E-state index contributed by atoms with van der Waals surface area (Å²) in [6.45, 7) is 0.998. The van der Waals surface area contributed by atoms with E-state index in [0.29, 0.717) is 30.8 Å². The van der Waals surface area contributed by atoms with Crippen LogP contribution in [-0.2, 0) is 19.1 Å². The van der Waals surface area contributed by atoms with Crippen LogP contribution in [0.25, 0.3) is 11.0 Å². The first-order chi connectivity index (χ1) is 12.9. The number of hydrogen-bond acceptors (Lipinski definition) is 4. The second-order valence-electron chi connectivity index (χ2n) is 6.07. The Labute approximate surface area is 153 Å². The summed E-state index contributed by atoms with van der Waals surface area (Å²) in [5, 5.41) is 4.01. The van der Waals surface area contributed by atoms with Crippen molar-refractivity contribution in [2.45, 2.75) is 19.1 Å². The molecule has 3 rings (SSSR count). The second kappa shape index (κ2) is 7.84. The molecular weight excluding hydrogens is 359 g/mol. The quantitative estimate of drug-likeness (QED) is 0.518. The van der Waals surface area contributed by atoms with Crippen LogP contribution in [0.3, 0.4) is 0 Å². The molecule has 0 saturated heterocycles. The van der Waals surface area contributed by atoms with Gasteiger partial charge >= 0.3 is 11.8 Å². The Morgan fingerprint density at radius 2 is 1.81 bits per heavy atom. The standard InChI is InChI=1S/C20H18F3NO3/c1-26-16-6-7-17-14(10-19(25)27-18(17)11-16)12-24-9-8-13-2-4-15(5-3-13)20(21,22)23/h2-7,10-11,24H,8-9,12H2,1H3. The highest BCUT2D eigenvalue weighted by molar-refractivity contribution is 5.81. The largest absolute Gasteiger partial charge is 0.497 e. The molecule has 0 aliphatic rings. The molecule has 27 heavy (non-hydrogen) atoms. The average molecular weight is 377 g/mol. The van der Waals surface area contributed by atoms with Gasteiger partial charge in [0.1, 0.15) is 11.3 Å². The van der Waals surface area contributed by atoms with E-state index in [1.165, 1.54) is 25.3 Å². The van der Waals surface area contributed by atoms with Crippen LogP contribution in [0, 0.1) is 0 Å². The summed E-state index contributed by atoms with van der Waals surface area (Å²) in [5.41, 5.74) is 0.933. The van der Waals surface area contributed by atoms with Gasteiger partial charge in [-0.05, 0) is 48.4 Å². The Balaban J connectivity index is 1.63. The molecule has 0 bridgehead atoms. The molecular formula is C20H18F3NO3. The molecule has 2 aromatic carbocycles. The number of hydrogen-bond donors (Lipinski definition) is 1. The van der Waals surface area contributed by atoms with Crippen molar-refractivity contribution >= 4 is 11.0 Å². The van der Waals surface area contributed by atoms with Crippen molar-refractivity contribution in [2.75, 3.05) is 13.7 Å². The van der Waals surface area contributed by atoms with Crippen molar-refractivity contribution in [1.29, 1.82) is 0 Å². The van der Waals surface area contributed by atoms with E-state index in [-0.39, 0.29) is 0 Å². The molecule has 1 N–H and O–H groups in total. The number of ether oxygens (including phenoxy) is 1. The van der Waals surface area contributed by atoms with Crippen LogP contribution in [0.5, 0.6) is 5.75 Å². The molecule has 0 unspecified atom stereocenters. The van der Waals surface area contributed by atoms with Crippen LogP contribution in [0.1, 0.15) is 16.7 Å². The maximum atomic E-state index is 12.6. The van der Waals surface area contributed by atoms with E-state index in [9.17, 15) is 18.0 Å². The number of rotatable bonds is 6. The highest BCUT2D eigenvalue weighted by Gasteiger charge is 2.29. The Morgan fingerprint density at radius 3 is 2.48 bits per heavy atom. The van der Waals surface area contributed by atoms with Gasteiger partial charge in [0.25, 0.3) is 0 Å². The summed E-state index contributed by atoms with van der Waals surface area (Å²) in [6.07, 6.45) is -3.75. The third-order valence-corrected chi connectivity index (χ3v) is 4.22. The fourth-order valence-electron chi connectivity index (χ4n) is 2.80. The Kier molecular flexibility index (Phi) is 5.51. The summed E-state index contributed by atoms with van der Waals surface area (Å²) in [5.74, 6) is 0.595. The zero-order valence-corrected chi connectivity index (χ0v) is 14.6. The molecule has 1 aromatic heterocycles. The van der Waals surface area contributed by atoms with Crippen LogP contribution in [-0.4, -0.2) is 13.7 Å². The van der Waals surface area contributed by atoms with Crippen LogP contribution < -0.4 is 15.7 Å². The van der Waals surface area contributed by atoms with Crippen LogP contribution in [0.2, 0.25) is 0 Å². The van der Waals surface area contributed by atoms with E-state index in [2.05, 4.69) is 5.32 Å². The molecule has 0 radical (unpaired) electrons. The van der Waals surface area contributed by atoms with Crippen molar-refractivity contribution in [3.63, 3.8) is 0 Å². The number of nitrogens with one attached hydrogen (secondary N) is 1. The normalized spacial score (nSPS) is 11.7. The first-order valence-corrected chi connectivity index (χ1v) is 8.34. The van der Waals surface area contributed by atoms with Crippen LogP contribution in [0.4, 0.5) is 13.2 Å². The minimum Gasteiger partial charge on any atom is -0.497 e. The smallest absolute Gasteiger partial charge is 0.416 e. The number of alkyl halides is 3. The first kappa shape index (κ1) is 19.0. The van der Waals surface area contributed by atoms with Crippen molar-refractivity contribution in [3.05, 3.63) is 75.6 Å². The van der Waals surface area contributed by atoms with Gasteiger partial charge in [-0.1, -0.05) is 12.1 Å². The number of fused-ring (bicyclic) bond motifs is 1. The lowest BCUT2D eigenvalue weighted by Crippen LogP contribution is -2.18. The molecule has 0 saturated carbocycles. The maximum absolute atomic E-state index is 12.6. The highest BCUT2D eigenvalue weighted by atomic mass is 19.4. The van der Waals surface area contributed by atoms with Crippen molar-refractivity contribution < 1.29 is 22.3 Å². The van der Waals surface area contributed by atoms with E-state index >= 15 is 0 Å². The number of benzene rings is 2. The molecule has 0 fully saturated rings. The number of methoxy groups -OCH3 is 1. The van der Waals surface area contributed by atoms with Gasteiger partial charge in [0, 0.05) is 24.1 Å². The van der Waals surface area contributed by atoms with Gasteiger partial charge in [0.15, 0.2) is 0 Å².